The first kappa shape index (κ1) is 23.9. The molecule has 0 aromatic heterocycles. The van der Waals surface area contributed by atoms with E-state index in [0.29, 0.717) is 22.9 Å². The maximum Gasteiger partial charge on any atom is 0.260 e. The predicted octanol–water partition coefficient (Wildman–Crippen LogP) is 1.59. The molecule has 31 heavy (non-hydrogen) atoms. The Morgan fingerprint density at radius 2 is 1.74 bits per heavy atom. The lowest BCUT2D eigenvalue weighted by atomic mass is 10.0. The van der Waals surface area contributed by atoms with Crippen LogP contribution < -0.4 is 20.2 Å². The molecule has 166 valence electrons. The largest absolute Gasteiger partial charge is 0.484 e. The number of anilines is 1. The van der Waals surface area contributed by atoms with Crippen LogP contribution in [0.5, 0.6) is 5.75 Å². The molecule has 0 saturated heterocycles. The van der Waals surface area contributed by atoms with Crippen LogP contribution in [-0.2, 0) is 19.6 Å². The number of hydrazone groups is 1. The van der Waals surface area contributed by atoms with Crippen LogP contribution in [0.4, 0.5) is 5.69 Å². The number of ether oxygens (including phenoxy) is 1. The average molecular weight is 447 g/mol. The maximum absolute atomic E-state index is 12.2. The number of hydrogen-bond donors (Lipinski definition) is 2. The summed E-state index contributed by atoms with van der Waals surface area (Å²) in [6.07, 6.45) is 2.44. The van der Waals surface area contributed by atoms with Crippen molar-refractivity contribution in [2.24, 2.45) is 10.8 Å². The molecule has 0 aliphatic rings. The molecule has 9 nitrogen and oxygen atoms in total. The lowest BCUT2D eigenvalue weighted by Gasteiger charge is -2.21. The highest BCUT2D eigenvalue weighted by atomic mass is 32.2. The molecule has 3 N–H and O–H groups in total. The van der Waals surface area contributed by atoms with Crippen molar-refractivity contribution in [3.05, 3.63) is 59.7 Å². The number of nitrogens with one attached hydrogen (secondary N) is 1. The lowest BCUT2D eigenvalue weighted by molar-refractivity contribution is -0.120. The van der Waals surface area contributed by atoms with E-state index in [9.17, 15) is 18.0 Å². The molecular weight excluding hydrogens is 420 g/mol. The molecule has 0 fully saturated rings. The molecule has 10 heteroatoms. The first-order valence-corrected chi connectivity index (χ1v) is 11.3. The molecule has 0 aliphatic heterocycles. The van der Waals surface area contributed by atoms with Gasteiger partial charge in [-0.1, -0.05) is 26.0 Å². The molecule has 0 aliphatic carbocycles. The first-order valence-electron chi connectivity index (χ1n) is 9.47. The van der Waals surface area contributed by atoms with Crippen molar-refractivity contribution in [1.82, 2.24) is 5.43 Å². The van der Waals surface area contributed by atoms with Gasteiger partial charge in [-0.05, 0) is 53.4 Å². The summed E-state index contributed by atoms with van der Waals surface area (Å²) in [5.74, 6) is -0.391. The minimum atomic E-state index is -3.67. The Morgan fingerprint density at radius 3 is 2.26 bits per heavy atom. The molecule has 2 aromatic carbocycles. The highest BCUT2D eigenvalue weighted by Gasteiger charge is 2.20. The van der Waals surface area contributed by atoms with Gasteiger partial charge in [0, 0.05) is 0 Å². The number of nitrogens with two attached hydrogens (primary N) is 1. The fraction of sp³-hybridized carbons (Fsp3) is 0.286. The smallest absolute Gasteiger partial charge is 0.260 e. The molecule has 0 radical (unpaired) electrons. The third-order valence-corrected chi connectivity index (χ3v) is 5.34. The molecular formula is C21H26N4O5S. The topological polar surface area (TPSA) is 131 Å². The Balaban J connectivity index is 1.99. The van der Waals surface area contributed by atoms with E-state index in [0.717, 1.165) is 16.1 Å². The van der Waals surface area contributed by atoms with Crippen LogP contribution in [-0.4, -0.2) is 45.9 Å². The summed E-state index contributed by atoms with van der Waals surface area (Å²) in [7, 11) is -3.67. The van der Waals surface area contributed by atoms with Crippen LogP contribution in [0.2, 0.25) is 0 Å². The lowest BCUT2D eigenvalue weighted by Crippen LogP contribution is -2.39. The average Bonchev–Trinajstić information content (AvgIpc) is 2.70. The van der Waals surface area contributed by atoms with Gasteiger partial charge in [0.1, 0.15) is 12.3 Å². The summed E-state index contributed by atoms with van der Waals surface area (Å²) in [5, 5.41) is 3.85. The quantitative estimate of drug-likeness (QED) is 0.423. The zero-order valence-electron chi connectivity index (χ0n) is 17.6. The second-order valence-corrected chi connectivity index (χ2v) is 9.04. The van der Waals surface area contributed by atoms with Gasteiger partial charge in [-0.3, -0.25) is 13.9 Å². The van der Waals surface area contributed by atoms with Crippen LogP contribution in [0.25, 0.3) is 0 Å². The second kappa shape index (κ2) is 10.6. The standard InChI is InChI=1S/C21H26N4O5S/c1-15(2)17-6-8-18(9-7-17)25(31(3,28)29)13-21(27)24-23-12-16-4-10-19(11-5-16)30-14-20(22)26/h4-12,15H,13-14H2,1-3H3,(H2,22,26)(H,24,27)/b23-12-. The summed E-state index contributed by atoms with van der Waals surface area (Å²) in [6.45, 7) is 3.45. The number of benzene rings is 2. The number of rotatable bonds is 10. The molecule has 2 aromatic rings. The Kier molecular flexibility index (Phi) is 8.14. The van der Waals surface area contributed by atoms with Crippen molar-refractivity contribution in [2.75, 3.05) is 23.7 Å². The van der Waals surface area contributed by atoms with Crippen LogP contribution in [0.3, 0.4) is 0 Å². The number of sulfonamides is 1. The van der Waals surface area contributed by atoms with Crippen LogP contribution >= 0.6 is 0 Å². The highest BCUT2D eigenvalue weighted by molar-refractivity contribution is 7.92. The van der Waals surface area contributed by atoms with Crippen LogP contribution in [0.15, 0.2) is 53.6 Å². The van der Waals surface area contributed by atoms with Crippen molar-refractivity contribution in [2.45, 2.75) is 19.8 Å². The molecule has 0 bridgehead atoms. The van der Waals surface area contributed by atoms with E-state index in [4.69, 9.17) is 10.5 Å². The monoisotopic (exact) mass is 446 g/mol. The Bertz CT molecular complexity index is 1030. The molecule has 2 amide bonds. The summed E-state index contributed by atoms with van der Waals surface area (Å²) >= 11 is 0. The van der Waals surface area contributed by atoms with Crippen LogP contribution in [0.1, 0.15) is 30.9 Å². The first-order chi connectivity index (χ1) is 14.6. The summed E-state index contributed by atoms with van der Waals surface area (Å²) in [4.78, 5) is 23.0. The fourth-order valence-electron chi connectivity index (χ4n) is 2.57. The zero-order chi connectivity index (χ0) is 23.0. The normalized spacial score (nSPS) is 11.5. The van der Waals surface area contributed by atoms with Crippen molar-refractivity contribution < 1.29 is 22.7 Å². The molecule has 0 atom stereocenters. The van der Waals surface area contributed by atoms with Gasteiger partial charge in [-0.2, -0.15) is 5.10 Å². The molecule has 2 rings (SSSR count). The van der Waals surface area contributed by atoms with Crippen molar-refractivity contribution in [3.63, 3.8) is 0 Å². The van der Waals surface area contributed by atoms with Crippen molar-refractivity contribution in [3.8, 4) is 5.75 Å². The molecule has 0 spiro atoms. The van der Waals surface area contributed by atoms with Gasteiger partial charge in [0.25, 0.3) is 11.8 Å². The van der Waals surface area contributed by atoms with E-state index in [1.54, 1.807) is 36.4 Å². The Morgan fingerprint density at radius 1 is 1.13 bits per heavy atom. The summed E-state index contributed by atoms with van der Waals surface area (Å²) in [6, 6.07) is 13.6. The van der Waals surface area contributed by atoms with Crippen molar-refractivity contribution >= 4 is 33.7 Å². The zero-order valence-corrected chi connectivity index (χ0v) is 18.4. The minimum absolute atomic E-state index is 0.222. The van der Waals surface area contributed by atoms with Gasteiger partial charge in [0.15, 0.2) is 6.61 Å². The van der Waals surface area contributed by atoms with Gasteiger partial charge < -0.3 is 10.5 Å². The van der Waals surface area contributed by atoms with Gasteiger partial charge in [-0.15, -0.1) is 0 Å². The second-order valence-electron chi connectivity index (χ2n) is 7.13. The Labute approximate surface area is 181 Å². The van der Waals surface area contributed by atoms with E-state index in [1.807, 2.05) is 26.0 Å². The third kappa shape index (κ3) is 7.74. The number of nitrogens with zero attached hydrogens (tertiary/aromatic N) is 2. The number of carbonyl (C=O) groups is 2. The minimum Gasteiger partial charge on any atom is -0.484 e. The van der Waals surface area contributed by atoms with Crippen LogP contribution in [0, 0.1) is 0 Å². The van der Waals surface area contributed by atoms with E-state index < -0.39 is 28.4 Å². The van der Waals surface area contributed by atoms with Gasteiger partial charge in [-0.25, -0.2) is 13.8 Å². The Hall–Kier alpha value is -3.40. The highest BCUT2D eigenvalue weighted by Crippen LogP contribution is 2.21. The van der Waals surface area contributed by atoms with E-state index in [1.165, 1.54) is 6.21 Å². The van der Waals surface area contributed by atoms with Gasteiger partial charge >= 0.3 is 0 Å². The van der Waals surface area contributed by atoms with E-state index in [-0.39, 0.29) is 6.61 Å². The molecule has 0 unspecified atom stereocenters. The molecule has 0 heterocycles. The summed E-state index contributed by atoms with van der Waals surface area (Å²) in [5.41, 5.74) is 9.46. The summed E-state index contributed by atoms with van der Waals surface area (Å²) < 4.78 is 30.5. The fourth-order valence-corrected chi connectivity index (χ4v) is 3.43. The van der Waals surface area contributed by atoms with Gasteiger partial charge in [0.2, 0.25) is 10.0 Å². The van der Waals surface area contributed by atoms with E-state index >= 15 is 0 Å². The SMILES string of the molecule is CC(C)c1ccc(N(CC(=O)N/N=C\c2ccc(OCC(N)=O)cc2)S(C)(=O)=O)cc1. The molecule has 0 saturated carbocycles. The number of hydrogen-bond acceptors (Lipinski definition) is 6. The van der Waals surface area contributed by atoms with Crippen molar-refractivity contribution in [1.29, 1.82) is 0 Å². The maximum atomic E-state index is 12.2. The number of amides is 2. The third-order valence-electron chi connectivity index (χ3n) is 4.20. The van der Waals surface area contributed by atoms with E-state index in [2.05, 4.69) is 10.5 Å². The number of primary amides is 1. The number of carbonyl (C=O) groups excluding carboxylic acids is 2. The predicted molar refractivity (Wildman–Crippen MR) is 120 cm³/mol. The van der Waals surface area contributed by atoms with Gasteiger partial charge in [0.05, 0.1) is 18.2 Å².